The number of urea groups is 1. The van der Waals surface area contributed by atoms with E-state index in [0.717, 1.165) is 16.7 Å². The van der Waals surface area contributed by atoms with E-state index in [4.69, 9.17) is 9.47 Å². The van der Waals surface area contributed by atoms with Gasteiger partial charge in [-0.05, 0) is 55.3 Å². The quantitative estimate of drug-likeness (QED) is 0.546. The van der Waals surface area contributed by atoms with Gasteiger partial charge in [0.2, 0.25) is 0 Å². The van der Waals surface area contributed by atoms with E-state index in [1.807, 2.05) is 44.2 Å². The number of rotatable bonds is 6. The molecule has 0 aromatic heterocycles. The fraction of sp³-hybridized carbons (Fsp3) is 0.167. The number of carbonyl (C=O) groups is 2. The summed E-state index contributed by atoms with van der Waals surface area (Å²) >= 11 is 0. The average molecular weight is 404 g/mol. The number of benzene rings is 3. The first kappa shape index (κ1) is 20.9. The summed E-state index contributed by atoms with van der Waals surface area (Å²) < 4.78 is 10.8. The lowest BCUT2D eigenvalue weighted by Crippen LogP contribution is -2.19. The van der Waals surface area contributed by atoms with E-state index in [1.54, 1.807) is 24.3 Å². The predicted octanol–water partition coefficient (Wildman–Crippen LogP) is 5.31. The number of aryl methyl sites for hydroxylation is 2. The van der Waals surface area contributed by atoms with Gasteiger partial charge < -0.3 is 20.1 Å². The third kappa shape index (κ3) is 5.38. The minimum absolute atomic E-state index is 0.236. The van der Waals surface area contributed by atoms with Gasteiger partial charge in [-0.25, -0.2) is 9.59 Å². The maximum absolute atomic E-state index is 12.3. The van der Waals surface area contributed by atoms with E-state index in [-0.39, 0.29) is 5.56 Å². The summed E-state index contributed by atoms with van der Waals surface area (Å²) in [5.41, 5.74) is 4.63. The van der Waals surface area contributed by atoms with E-state index in [9.17, 15) is 9.59 Å². The number of nitrogens with one attached hydrogen (secondary N) is 2. The molecule has 154 valence electrons. The van der Waals surface area contributed by atoms with Crippen molar-refractivity contribution in [1.29, 1.82) is 0 Å². The summed E-state index contributed by atoms with van der Waals surface area (Å²) in [7, 11) is 1.30. The Bertz CT molecular complexity index is 1050. The Labute approximate surface area is 175 Å². The van der Waals surface area contributed by atoms with Crippen molar-refractivity contribution in [2.24, 2.45) is 0 Å². The average Bonchev–Trinajstić information content (AvgIpc) is 2.75. The van der Waals surface area contributed by atoms with Gasteiger partial charge in [0.05, 0.1) is 7.11 Å². The van der Waals surface area contributed by atoms with E-state index in [2.05, 4.69) is 16.7 Å². The molecule has 6 heteroatoms. The van der Waals surface area contributed by atoms with Gasteiger partial charge in [-0.15, -0.1) is 0 Å². The molecule has 0 aliphatic heterocycles. The number of hydrogen-bond donors (Lipinski definition) is 2. The zero-order valence-electron chi connectivity index (χ0n) is 17.2. The lowest BCUT2D eigenvalue weighted by Gasteiger charge is -2.14. The molecule has 3 aromatic rings. The van der Waals surface area contributed by atoms with E-state index in [1.165, 1.54) is 13.2 Å². The molecule has 2 amide bonds. The van der Waals surface area contributed by atoms with Crippen LogP contribution in [0.15, 0.2) is 66.7 Å². The van der Waals surface area contributed by atoms with Crippen molar-refractivity contribution in [3.8, 4) is 5.75 Å². The fourth-order valence-electron chi connectivity index (χ4n) is 2.93. The van der Waals surface area contributed by atoms with Crippen LogP contribution < -0.4 is 15.4 Å². The summed E-state index contributed by atoms with van der Waals surface area (Å²) in [4.78, 5) is 24.5. The van der Waals surface area contributed by atoms with Gasteiger partial charge in [0.1, 0.15) is 17.9 Å². The Morgan fingerprint density at radius 2 is 1.60 bits per heavy atom. The summed E-state index contributed by atoms with van der Waals surface area (Å²) in [5.74, 6) is -0.158. The zero-order valence-corrected chi connectivity index (χ0v) is 17.2. The van der Waals surface area contributed by atoms with Crippen molar-refractivity contribution in [3.63, 3.8) is 0 Å². The molecule has 30 heavy (non-hydrogen) atoms. The number of para-hydroxylation sites is 1. The number of carbonyl (C=O) groups excluding carboxylic acids is 2. The van der Waals surface area contributed by atoms with Gasteiger partial charge in [0, 0.05) is 11.4 Å². The van der Waals surface area contributed by atoms with Gasteiger partial charge in [-0.1, -0.05) is 42.0 Å². The second-order valence-corrected chi connectivity index (χ2v) is 6.87. The molecule has 0 atom stereocenters. The van der Waals surface area contributed by atoms with Crippen LogP contribution in [0.2, 0.25) is 0 Å². The van der Waals surface area contributed by atoms with Gasteiger partial charge in [0.15, 0.2) is 0 Å². The van der Waals surface area contributed by atoms with Crippen molar-refractivity contribution in [2.45, 2.75) is 20.5 Å². The molecule has 3 rings (SSSR count). The number of esters is 1. The van der Waals surface area contributed by atoms with Crippen LogP contribution in [0.25, 0.3) is 0 Å². The molecule has 0 unspecified atom stereocenters. The minimum atomic E-state index is -0.543. The molecular formula is C24H24N2O4. The molecule has 0 fully saturated rings. The standard InChI is InChI=1S/C24H24N2O4/c1-16-9-10-17(2)18(13-16)15-30-22-12-11-20(14-21(22)23(27)29-3)26-24(28)25-19-7-5-4-6-8-19/h4-14H,15H2,1-3H3,(H2,25,26,28). The Morgan fingerprint density at radius 1 is 0.867 bits per heavy atom. The van der Waals surface area contributed by atoms with Crippen LogP contribution in [0.4, 0.5) is 16.2 Å². The molecule has 0 saturated carbocycles. The summed E-state index contributed by atoms with van der Waals surface area (Å²) in [6.45, 7) is 4.35. The van der Waals surface area contributed by atoms with Gasteiger partial charge in [0.25, 0.3) is 0 Å². The molecule has 0 radical (unpaired) electrons. The maximum atomic E-state index is 12.3. The molecule has 3 aromatic carbocycles. The lowest BCUT2D eigenvalue weighted by atomic mass is 10.1. The third-order valence-corrected chi connectivity index (χ3v) is 4.56. The first-order valence-corrected chi connectivity index (χ1v) is 9.50. The van der Waals surface area contributed by atoms with Crippen molar-refractivity contribution in [3.05, 3.63) is 89.0 Å². The second kappa shape index (κ2) is 9.60. The van der Waals surface area contributed by atoms with Crippen LogP contribution in [0.5, 0.6) is 5.75 Å². The van der Waals surface area contributed by atoms with Crippen molar-refractivity contribution in [2.75, 3.05) is 17.7 Å². The highest BCUT2D eigenvalue weighted by atomic mass is 16.5. The first-order valence-electron chi connectivity index (χ1n) is 9.50. The summed E-state index contributed by atoms with van der Waals surface area (Å²) in [6.07, 6.45) is 0. The minimum Gasteiger partial charge on any atom is -0.488 e. The molecule has 0 aliphatic rings. The van der Waals surface area contributed by atoms with Gasteiger partial charge >= 0.3 is 12.0 Å². The predicted molar refractivity (Wildman–Crippen MR) is 117 cm³/mol. The molecule has 0 spiro atoms. The van der Waals surface area contributed by atoms with Crippen LogP contribution in [-0.2, 0) is 11.3 Å². The maximum Gasteiger partial charge on any atom is 0.341 e. The number of anilines is 2. The molecule has 6 nitrogen and oxygen atoms in total. The van der Waals surface area contributed by atoms with Crippen LogP contribution in [0.1, 0.15) is 27.0 Å². The normalized spacial score (nSPS) is 10.2. The highest BCUT2D eigenvalue weighted by Gasteiger charge is 2.16. The van der Waals surface area contributed by atoms with Gasteiger partial charge in [-0.2, -0.15) is 0 Å². The van der Waals surface area contributed by atoms with Gasteiger partial charge in [-0.3, -0.25) is 0 Å². The Morgan fingerprint density at radius 3 is 2.33 bits per heavy atom. The van der Waals surface area contributed by atoms with Crippen LogP contribution in [-0.4, -0.2) is 19.1 Å². The first-order chi connectivity index (χ1) is 14.5. The van der Waals surface area contributed by atoms with Crippen LogP contribution in [0, 0.1) is 13.8 Å². The van der Waals surface area contributed by atoms with E-state index in [0.29, 0.717) is 23.7 Å². The SMILES string of the molecule is COC(=O)c1cc(NC(=O)Nc2ccccc2)ccc1OCc1cc(C)ccc1C. The van der Waals surface area contributed by atoms with Crippen molar-refractivity contribution in [1.82, 2.24) is 0 Å². The molecular weight excluding hydrogens is 380 g/mol. The highest BCUT2D eigenvalue weighted by Crippen LogP contribution is 2.25. The smallest absolute Gasteiger partial charge is 0.341 e. The second-order valence-electron chi connectivity index (χ2n) is 6.87. The number of ether oxygens (including phenoxy) is 2. The highest BCUT2D eigenvalue weighted by molar-refractivity contribution is 6.01. The molecule has 0 saturated heterocycles. The monoisotopic (exact) mass is 404 g/mol. The Kier molecular flexibility index (Phi) is 6.70. The number of methoxy groups -OCH3 is 1. The Balaban J connectivity index is 1.75. The summed E-state index contributed by atoms with van der Waals surface area (Å²) in [6, 6.07) is 19.7. The molecule has 2 N–H and O–H groups in total. The largest absolute Gasteiger partial charge is 0.488 e. The summed E-state index contributed by atoms with van der Waals surface area (Å²) in [5, 5.41) is 5.44. The van der Waals surface area contributed by atoms with E-state index >= 15 is 0 Å². The van der Waals surface area contributed by atoms with Crippen LogP contribution in [0.3, 0.4) is 0 Å². The topological polar surface area (TPSA) is 76.7 Å². The van der Waals surface area contributed by atoms with Crippen molar-refractivity contribution >= 4 is 23.4 Å². The van der Waals surface area contributed by atoms with Crippen LogP contribution >= 0.6 is 0 Å². The molecule has 0 heterocycles. The molecule has 0 aliphatic carbocycles. The fourth-order valence-corrected chi connectivity index (χ4v) is 2.93. The third-order valence-electron chi connectivity index (χ3n) is 4.56. The number of hydrogen-bond acceptors (Lipinski definition) is 4. The zero-order chi connectivity index (χ0) is 21.5. The lowest BCUT2D eigenvalue weighted by molar-refractivity contribution is 0.0595. The Hall–Kier alpha value is -3.80. The number of amides is 2. The van der Waals surface area contributed by atoms with Crippen molar-refractivity contribution < 1.29 is 19.1 Å². The van der Waals surface area contributed by atoms with E-state index < -0.39 is 12.0 Å². The molecule has 0 bridgehead atoms.